The largest absolute Gasteiger partial charge is 0.374 e. The third-order valence-corrected chi connectivity index (χ3v) is 5.29. The van der Waals surface area contributed by atoms with Gasteiger partial charge in [0.25, 0.3) is 5.91 Å². The SMILES string of the molecule is CO[C@H](CNC(=O)c1ccc2ncsc2c1)c1ccc(C)s1. The lowest BCUT2D eigenvalue weighted by Gasteiger charge is -2.14. The van der Waals surface area contributed by atoms with Crippen molar-refractivity contribution in [2.75, 3.05) is 13.7 Å². The van der Waals surface area contributed by atoms with Crippen LogP contribution in [0.15, 0.2) is 35.8 Å². The summed E-state index contributed by atoms with van der Waals surface area (Å²) in [7, 11) is 1.66. The first kappa shape index (κ1) is 15.1. The predicted molar refractivity (Wildman–Crippen MR) is 90.8 cm³/mol. The molecule has 0 fully saturated rings. The van der Waals surface area contributed by atoms with Gasteiger partial charge in [-0.25, -0.2) is 4.98 Å². The highest BCUT2D eigenvalue weighted by atomic mass is 32.1. The summed E-state index contributed by atoms with van der Waals surface area (Å²) < 4.78 is 6.50. The highest BCUT2D eigenvalue weighted by Crippen LogP contribution is 2.25. The summed E-state index contributed by atoms with van der Waals surface area (Å²) in [6.45, 7) is 2.51. The average molecular weight is 332 g/mol. The number of carbonyl (C=O) groups is 1. The maximum Gasteiger partial charge on any atom is 0.251 e. The molecule has 1 N–H and O–H groups in total. The summed E-state index contributed by atoms with van der Waals surface area (Å²) in [5.74, 6) is -0.0920. The molecule has 0 aliphatic heterocycles. The lowest BCUT2D eigenvalue weighted by molar-refractivity contribution is 0.0838. The molecular weight excluding hydrogens is 316 g/mol. The highest BCUT2D eigenvalue weighted by Gasteiger charge is 2.15. The fraction of sp³-hybridized carbons (Fsp3) is 0.250. The Morgan fingerprint density at radius 1 is 1.36 bits per heavy atom. The molecule has 2 heterocycles. The zero-order chi connectivity index (χ0) is 15.5. The summed E-state index contributed by atoms with van der Waals surface area (Å²) in [4.78, 5) is 18.9. The molecule has 2 aromatic heterocycles. The van der Waals surface area contributed by atoms with Crippen LogP contribution in [0.25, 0.3) is 10.2 Å². The molecule has 0 aliphatic rings. The molecule has 22 heavy (non-hydrogen) atoms. The molecule has 1 atom stereocenters. The van der Waals surface area contributed by atoms with Crippen molar-refractivity contribution < 1.29 is 9.53 Å². The Balaban J connectivity index is 1.68. The molecule has 4 nitrogen and oxygen atoms in total. The standard InChI is InChI=1S/C16H16N2O2S2/c1-10-3-6-14(22-10)13(20-2)8-17-16(19)11-4-5-12-15(7-11)21-9-18-12/h3-7,9,13H,8H2,1-2H3,(H,17,19)/t13-/m1/s1. The van der Waals surface area contributed by atoms with E-state index in [1.54, 1.807) is 30.0 Å². The quantitative estimate of drug-likeness (QED) is 0.773. The minimum atomic E-state index is -0.116. The number of benzene rings is 1. The Morgan fingerprint density at radius 2 is 2.23 bits per heavy atom. The van der Waals surface area contributed by atoms with Crippen molar-refractivity contribution >= 4 is 38.8 Å². The maximum absolute atomic E-state index is 12.3. The second kappa shape index (κ2) is 6.56. The Kier molecular flexibility index (Phi) is 4.52. The number of methoxy groups -OCH3 is 1. The number of carbonyl (C=O) groups excluding carboxylic acids is 1. The van der Waals surface area contributed by atoms with Crippen molar-refractivity contribution in [2.24, 2.45) is 0 Å². The van der Waals surface area contributed by atoms with E-state index < -0.39 is 0 Å². The van der Waals surface area contributed by atoms with Crippen molar-refractivity contribution in [2.45, 2.75) is 13.0 Å². The van der Waals surface area contributed by atoms with E-state index in [1.807, 2.05) is 18.2 Å². The van der Waals surface area contributed by atoms with Gasteiger partial charge in [0.2, 0.25) is 0 Å². The lowest BCUT2D eigenvalue weighted by atomic mass is 10.2. The monoisotopic (exact) mass is 332 g/mol. The van der Waals surface area contributed by atoms with Crippen LogP contribution < -0.4 is 5.32 Å². The zero-order valence-electron chi connectivity index (χ0n) is 12.3. The summed E-state index contributed by atoms with van der Waals surface area (Å²) in [6, 6.07) is 9.65. The van der Waals surface area contributed by atoms with Crippen LogP contribution >= 0.6 is 22.7 Å². The van der Waals surface area contributed by atoms with Crippen LogP contribution in [0.3, 0.4) is 0 Å². The van der Waals surface area contributed by atoms with Crippen molar-refractivity contribution in [3.63, 3.8) is 0 Å². The van der Waals surface area contributed by atoms with Gasteiger partial charge in [0, 0.05) is 29.0 Å². The number of hydrogen-bond donors (Lipinski definition) is 1. The van der Waals surface area contributed by atoms with Crippen molar-refractivity contribution in [1.82, 2.24) is 10.3 Å². The van der Waals surface area contributed by atoms with E-state index in [0.29, 0.717) is 12.1 Å². The number of ether oxygens (including phenoxy) is 1. The van der Waals surface area contributed by atoms with E-state index in [1.165, 1.54) is 16.2 Å². The van der Waals surface area contributed by atoms with Crippen molar-refractivity contribution in [3.8, 4) is 0 Å². The zero-order valence-corrected chi connectivity index (χ0v) is 14.0. The van der Waals surface area contributed by atoms with Gasteiger partial charge in [0.15, 0.2) is 0 Å². The Morgan fingerprint density at radius 3 is 2.95 bits per heavy atom. The number of nitrogens with zero attached hydrogens (tertiary/aromatic N) is 1. The second-order valence-electron chi connectivity index (χ2n) is 4.92. The van der Waals surface area contributed by atoms with Crippen LogP contribution in [0, 0.1) is 6.92 Å². The minimum Gasteiger partial charge on any atom is -0.374 e. The van der Waals surface area contributed by atoms with Gasteiger partial charge < -0.3 is 10.1 Å². The number of rotatable bonds is 5. The van der Waals surface area contributed by atoms with Crippen LogP contribution in [0.5, 0.6) is 0 Å². The van der Waals surface area contributed by atoms with Crippen molar-refractivity contribution in [3.05, 3.63) is 51.2 Å². The molecule has 0 saturated carbocycles. The predicted octanol–water partition coefficient (Wildman–Crippen LogP) is 3.78. The number of nitrogens with one attached hydrogen (secondary N) is 1. The molecular formula is C16H16N2O2S2. The smallest absolute Gasteiger partial charge is 0.251 e. The van der Waals surface area contributed by atoms with Gasteiger partial charge in [-0.15, -0.1) is 22.7 Å². The summed E-state index contributed by atoms with van der Waals surface area (Å²) in [6.07, 6.45) is -0.116. The number of aromatic nitrogens is 1. The van der Waals surface area contributed by atoms with Crippen LogP contribution in [-0.4, -0.2) is 24.5 Å². The number of thiophene rings is 1. The Labute approximate surface area is 136 Å². The van der Waals surface area contributed by atoms with Gasteiger partial charge in [-0.3, -0.25) is 4.79 Å². The lowest BCUT2D eigenvalue weighted by Crippen LogP contribution is -2.28. The second-order valence-corrected chi connectivity index (χ2v) is 7.12. The molecule has 114 valence electrons. The van der Waals surface area contributed by atoms with Crippen LogP contribution in [0.1, 0.15) is 26.2 Å². The highest BCUT2D eigenvalue weighted by molar-refractivity contribution is 7.16. The van der Waals surface area contributed by atoms with E-state index >= 15 is 0 Å². The number of fused-ring (bicyclic) bond motifs is 1. The summed E-state index contributed by atoms with van der Waals surface area (Å²) in [5, 5.41) is 2.94. The van der Waals surface area contributed by atoms with Gasteiger partial charge in [-0.2, -0.15) is 0 Å². The molecule has 0 radical (unpaired) electrons. The van der Waals surface area contributed by atoms with E-state index in [-0.39, 0.29) is 12.0 Å². The Hall–Kier alpha value is -1.76. The van der Waals surface area contributed by atoms with Crippen molar-refractivity contribution in [1.29, 1.82) is 0 Å². The van der Waals surface area contributed by atoms with E-state index in [2.05, 4.69) is 23.3 Å². The normalized spacial score (nSPS) is 12.5. The molecule has 3 rings (SSSR count). The van der Waals surface area contributed by atoms with Gasteiger partial charge >= 0.3 is 0 Å². The molecule has 0 spiro atoms. The number of amides is 1. The van der Waals surface area contributed by atoms with Crippen LogP contribution in [-0.2, 0) is 4.74 Å². The van der Waals surface area contributed by atoms with E-state index in [9.17, 15) is 4.79 Å². The molecule has 3 aromatic rings. The van der Waals surface area contributed by atoms with Gasteiger partial charge in [0.1, 0.15) is 6.10 Å². The average Bonchev–Trinajstić information content (AvgIpc) is 3.15. The first-order chi connectivity index (χ1) is 10.7. The number of hydrogen-bond acceptors (Lipinski definition) is 5. The van der Waals surface area contributed by atoms with Gasteiger partial charge in [0.05, 0.1) is 15.7 Å². The summed E-state index contributed by atoms with van der Waals surface area (Å²) in [5.41, 5.74) is 3.35. The third-order valence-electron chi connectivity index (χ3n) is 3.40. The molecule has 0 bridgehead atoms. The first-order valence-electron chi connectivity index (χ1n) is 6.88. The molecule has 1 aromatic carbocycles. The van der Waals surface area contributed by atoms with Crippen LogP contribution in [0.2, 0.25) is 0 Å². The van der Waals surface area contributed by atoms with Gasteiger partial charge in [-0.05, 0) is 37.3 Å². The summed E-state index contributed by atoms with van der Waals surface area (Å²) >= 11 is 3.22. The molecule has 0 unspecified atom stereocenters. The molecule has 0 saturated heterocycles. The Bertz CT molecular complexity index is 794. The number of thiazole rings is 1. The van der Waals surface area contributed by atoms with Gasteiger partial charge in [-0.1, -0.05) is 0 Å². The third kappa shape index (κ3) is 3.19. The van der Waals surface area contributed by atoms with Crippen LogP contribution in [0.4, 0.5) is 0 Å². The fourth-order valence-corrected chi connectivity index (χ4v) is 3.88. The fourth-order valence-electron chi connectivity index (χ4n) is 2.21. The topological polar surface area (TPSA) is 51.2 Å². The van der Waals surface area contributed by atoms with E-state index in [0.717, 1.165) is 15.1 Å². The first-order valence-corrected chi connectivity index (χ1v) is 8.57. The maximum atomic E-state index is 12.3. The number of aryl methyl sites for hydroxylation is 1. The molecule has 6 heteroatoms. The minimum absolute atomic E-state index is 0.0920. The van der Waals surface area contributed by atoms with E-state index in [4.69, 9.17) is 4.74 Å². The molecule has 1 amide bonds. The molecule has 0 aliphatic carbocycles.